The Balaban J connectivity index is 2.23. The van der Waals surface area contributed by atoms with Crippen LogP contribution in [0.1, 0.15) is 0 Å². The topological polar surface area (TPSA) is 35.2 Å². The van der Waals surface area contributed by atoms with Gasteiger partial charge in [-0.2, -0.15) is 0 Å². The minimum Gasteiger partial charge on any atom is -0.493 e. The molecule has 2 atom stereocenters. The summed E-state index contributed by atoms with van der Waals surface area (Å²) in [7, 11) is 0. The van der Waals surface area contributed by atoms with E-state index >= 15 is 0 Å². The van der Waals surface area contributed by atoms with Crippen LogP contribution in [0.4, 0.5) is 0 Å². The first kappa shape index (κ1) is 6.68. The molecular formula is C9H11NO. The number of ether oxygens (including phenoxy) is 1. The van der Waals surface area contributed by atoms with Crippen LogP contribution < -0.4 is 5.73 Å². The molecular weight excluding hydrogens is 138 g/mol. The molecule has 0 aromatic rings. The molecule has 2 rings (SSSR count). The van der Waals surface area contributed by atoms with Crippen molar-refractivity contribution in [3.05, 3.63) is 36.1 Å². The Kier molecular flexibility index (Phi) is 1.55. The molecule has 11 heavy (non-hydrogen) atoms. The summed E-state index contributed by atoms with van der Waals surface area (Å²) in [5.74, 6) is 0.415. The molecule has 2 aliphatic rings. The Morgan fingerprint density at radius 2 is 2.36 bits per heavy atom. The van der Waals surface area contributed by atoms with Gasteiger partial charge >= 0.3 is 0 Å². The van der Waals surface area contributed by atoms with Crippen LogP contribution in [0.3, 0.4) is 0 Å². The van der Waals surface area contributed by atoms with E-state index < -0.39 is 0 Å². The molecule has 0 radical (unpaired) electrons. The van der Waals surface area contributed by atoms with Gasteiger partial charge in [-0.25, -0.2) is 0 Å². The van der Waals surface area contributed by atoms with E-state index in [-0.39, 0.29) is 6.10 Å². The lowest BCUT2D eigenvalue weighted by molar-refractivity contribution is 0.179. The smallest absolute Gasteiger partial charge is 0.130 e. The van der Waals surface area contributed by atoms with Crippen molar-refractivity contribution in [1.29, 1.82) is 0 Å². The second-order valence-electron chi connectivity index (χ2n) is 2.79. The third-order valence-electron chi connectivity index (χ3n) is 2.12. The van der Waals surface area contributed by atoms with Gasteiger partial charge in [0.15, 0.2) is 0 Å². The van der Waals surface area contributed by atoms with Gasteiger partial charge in [0.05, 0.1) is 6.26 Å². The number of hydrogen-bond acceptors (Lipinski definition) is 2. The van der Waals surface area contributed by atoms with Crippen molar-refractivity contribution >= 4 is 0 Å². The van der Waals surface area contributed by atoms with E-state index in [2.05, 4.69) is 12.2 Å². The standard InChI is InChI=1S/C9H11NO/c10-6-8-3-1-2-7-4-5-11-9(7)8/h1-5,7,9H,6,10H2. The number of nitrogens with two attached hydrogens (primary N) is 1. The monoisotopic (exact) mass is 149 g/mol. The zero-order valence-corrected chi connectivity index (χ0v) is 6.23. The van der Waals surface area contributed by atoms with E-state index in [0.717, 1.165) is 0 Å². The van der Waals surface area contributed by atoms with Crippen molar-refractivity contribution in [2.75, 3.05) is 6.54 Å². The van der Waals surface area contributed by atoms with Crippen molar-refractivity contribution in [3.63, 3.8) is 0 Å². The van der Waals surface area contributed by atoms with Crippen LogP contribution in [0.5, 0.6) is 0 Å². The molecule has 1 aliphatic heterocycles. The summed E-state index contributed by atoms with van der Waals surface area (Å²) in [6, 6.07) is 0. The van der Waals surface area contributed by atoms with Gasteiger partial charge < -0.3 is 10.5 Å². The predicted molar refractivity (Wildman–Crippen MR) is 43.8 cm³/mol. The number of allylic oxidation sites excluding steroid dienone is 2. The summed E-state index contributed by atoms with van der Waals surface area (Å²) in [5.41, 5.74) is 6.73. The summed E-state index contributed by atoms with van der Waals surface area (Å²) < 4.78 is 5.38. The van der Waals surface area contributed by atoms with Gasteiger partial charge in [0.25, 0.3) is 0 Å². The van der Waals surface area contributed by atoms with Crippen LogP contribution in [0.15, 0.2) is 36.1 Å². The molecule has 2 heteroatoms. The van der Waals surface area contributed by atoms with Gasteiger partial charge in [-0.05, 0) is 11.6 Å². The lowest BCUT2D eigenvalue weighted by Gasteiger charge is -2.20. The lowest BCUT2D eigenvalue weighted by Crippen LogP contribution is -2.24. The summed E-state index contributed by atoms with van der Waals surface area (Å²) in [6.07, 6.45) is 10.2. The quantitative estimate of drug-likeness (QED) is 0.603. The van der Waals surface area contributed by atoms with Crippen molar-refractivity contribution in [2.45, 2.75) is 6.10 Å². The molecule has 1 aliphatic carbocycles. The Morgan fingerprint density at radius 3 is 3.18 bits per heavy atom. The summed E-state index contributed by atoms with van der Waals surface area (Å²) in [6.45, 7) is 0.590. The van der Waals surface area contributed by atoms with Crippen LogP contribution in [-0.4, -0.2) is 12.6 Å². The normalized spacial score (nSPS) is 33.0. The highest BCUT2D eigenvalue weighted by Gasteiger charge is 2.26. The van der Waals surface area contributed by atoms with Crippen LogP contribution in [0.2, 0.25) is 0 Å². The van der Waals surface area contributed by atoms with Crippen LogP contribution >= 0.6 is 0 Å². The van der Waals surface area contributed by atoms with Crippen molar-refractivity contribution in [1.82, 2.24) is 0 Å². The Hall–Kier alpha value is -1.02. The molecule has 0 aromatic heterocycles. The fourth-order valence-corrected chi connectivity index (χ4v) is 1.50. The van der Waals surface area contributed by atoms with E-state index in [1.165, 1.54) is 5.57 Å². The minimum absolute atomic E-state index is 0.185. The molecule has 0 amide bonds. The zero-order chi connectivity index (χ0) is 7.68. The largest absolute Gasteiger partial charge is 0.493 e. The van der Waals surface area contributed by atoms with E-state index in [9.17, 15) is 0 Å². The molecule has 2 unspecified atom stereocenters. The van der Waals surface area contributed by atoms with E-state index in [1.807, 2.05) is 12.2 Å². The third-order valence-corrected chi connectivity index (χ3v) is 2.12. The molecule has 0 aromatic carbocycles. The fourth-order valence-electron chi connectivity index (χ4n) is 1.50. The SMILES string of the molecule is NCC1=CC=CC2C=COC12. The lowest BCUT2D eigenvalue weighted by atomic mass is 9.92. The molecule has 0 fully saturated rings. The van der Waals surface area contributed by atoms with Crippen LogP contribution in [-0.2, 0) is 4.74 Å². The average molecular weight is 149 g/mol. The Morgan fingerprint density at radius 1 is 1.45 bits per heavy atom. The second-order valence-corrected chi connectivity index (χ2v) is 2.79. The molecule has 0 saturated heterocycles. The molecule has 2 nitrogen and oxygen atoms in total. The second kappa shape index (κ2) is 2.55. The van der Waals surface area contributed by atoms with Crippen molar-refractivity contribution < 1.29 is 4.74 Å². The number of rotatable bonds is 1. The van der Waals surface area contributed by atoms with Crippen molar-refractivity contribution in [3.8, 4) is 0 Å². The summed E-state index contributed by atoms with van der Waals surface area (Å²) in [5, 5.41) is 0. The first-order valence-electron chi connectivity index (χ1n) is 3.81. The van der Waals surface area contributed by atoms with Gasteiger partial charge in [-0.1, -0.05) is 18.2 Å². The van der Waals surface area contributed by atoms with E-state index in [4.69, 9.17) is 10.5 Å². The maximum Gasteiger partial charge on any atom is 0.130 e. The molecule has 58 valence electrons. The van der Waals surface area contributed by atoms with Gasteiger partial charge in [0.1, 0.15) is 6.10 Å². The van der Waals surface area contributed by atoms with Gasteiger partial charge in [0, 0.05) is 12.5 Å². The highest BCUT2D eigenvalue weighted by atomic mass is 16.5. The van der Waals surface area contributed by atoms with Crippen LogP contribution in [0.25, 0.3) is 0 Å². The molecule has 0 spiro atoms. The fraction of sp³-hybridized carbons (Fsp3) is 0.333. The average Bonchev–Trinajstić information content (AvgIpc) is 2.50. The summed E-state index contributed by atoms with van der Waals surface area (Å²) >= 11 is 0. The first-order valence-corrected chi connectivity index (χ1v) is 3.81. The van der Waals surface area contributed by atoms with Gasteiger partial charge in [-0.3, -0.25) is 0 Å². The third kappa shape index (κ3) is 0.994. The highest BCUT2D eigenvalue weighted by molar-refractivity contribution is 5.30. The van der Waals surface area contributed by atoms with Crippen LogP contribution in [0, 0.1) is 5.92 Å². The molecule has 2 N–H and O–H groups in total. The minimum atomic E-state index is 0.185. The van der Waals surface area contributed by atoms with Gasteiger partial charge in [-0.15, -0.1) is 0 Å². The number of hydrogen-bond donors (Lipinski definition) is 1. The van der Waals surface area contributed by atoms with E-state index in [0.29, 0.717) is 12.5 Å². The first-order chi connectivity index (χ1) is 5.42. The maximum atomic E-state index is 5.55. The number of fused-ring (bicyclic) bond motifs is 1. The predicted octanol–water partition coefficient (Wildman–Crippen LogP) is 0.970. The van der Waals surface area contributed by atoms with Gasteiger partial charge in [0.2, 0.25) is 0 Å². The zero-order valence-electron chi connectivity index (χ0n) is 6.23. The highest BCUT2D eigenvalue weighted by Crippen LogP contribution is 2.27. The van der Waals surface area contributed by atoms with E-state index in [1.54, 1.807) is 6.26 Å². The Labute approximate surface area is 66.0 Å². The molecule has 0 saturated carbocycles. The Bertz CT molecular complexity index is 240. The maximum absolute atomic E-state index is 5.55. The summed E-state index contributed by atoms with van der Waals surface area (Å²) in [4.78, 5) is 0. The molecule has 0 bridgehead atoms. The molecule has 1 heterocycles. The van der Waals surface area contributed by atoms with Crippen molar-refractivity contribution in [2.24, 2.45) is 11.7 Å².